The van der Waals surface area contributed by atoms with Gasteiger partial charge in [0.2, 0.25) is 5.13 Å². The number of aromatic nitrogens is 2. The van der Waals surface area contributed by atoms with Crippen molar-refractivity contribution in [2.75, 3.05) is 5.32 Å². The molecular formula is C14H17N3OS. The molecule has 1 amide bonds. The van der Waals surface area contributed by atoms with Crippen LogP contribution in [0.15, 0.2) is 24.3 Å². The van der Waals surface area contributed by atoms with E-state index in [4.69, 9.17) is 0 Å². The maximum absolute atomic E-state index is 12.0. The number of rotatable bonds is 2. The topological polar surface area (TPSA) is 54.9 Å². The molecular weight excluding hydrogens is 258 g/mol. The highest BCUT2D eigenvalue weighted by atomic mass is 32.1. The minimum Gasteiger partial charge on any atom is -0.297 e. The first kappa shape index (κ1) is 13.7. The third kappa shape index (κ3) is 3.38. The Morgan fingerprint density at radius 2 is 1.84 bits per heavy atom. The van der Waals surface area contributed by atoms with E-state index in [0.29, 0.717) is 16.5 Å². The number of nitrogens with zero attached hydrogens (tertiary/aromatic N) is 2. The maximum Gasteiger partial charge on any atom is 0.257 e. The van der Waals surface area contributed by atoms with Crippen LogP contribution in [0.5, 0.6) is 0 Å². The van der Waals surface area contributed by atoms with E-state index in [9.17, 15) is 4.79 Å². The van der Waals surface area contributed by atoms with Crippen molar-refractivity contribution in [1.29, 1.82) is 0 Å². The van der Waals surface area contributed by atoms with E-state index < -0.39 is 0 Å². The van der Waals surface area contributed by atoms with Gasteiger partial charge in [0, 0.05) is 17.1 Å². The lowest BCUT2D eigenvalue weighted by Gasteiger charge is -2.18. The zero-order chi connectivity index (χ0) is 14.0. The number of hydrogen-bond donors (Lipinski definition) is 1. The number of amides is 1. The van der Waals surface area contributed by atoms with E-state index in [1.54, 1.807) is 6.92 Å². The molecule has 100 valence electrons. The smallest absolute Gasteiger partial charge is 0.257 e. The molecule has 0 radical (unpaired) electrons. The lowest BCUT2D eigenvalue weighted by Crippen LogP contribution is -2.14. The van der Waals surface area contributed by atoms with Gasteiger partial charge >= 0.3 is 0 Å². The average Bonchev–Trinajstić information content (AvgIpc) is 2.74. The third-order valence-electron chi connectivity index (χ3n) is 2.76. The van der Waals surface area contributed by atoms with Gasteiger partial charge in [-0.1, -0.05) is 32.9 Å². The molecule has 1 aromatic carbocycles. The second kappa shape index (κ2) is 5.09. The Morgan fingerprint density at radius 1 is 1.21 bits per heavy atom. The zero-order valence-electron chi connectivity index (χ0n) is 11.5. The molecule has 1 N–H and O–H groups in total. The molecule has 0 fully saturated rings. The molecule has 0 atom stereocenters. The van der Waals surface area contributed by atoms with Gasteiger partial charge in [-0.25, -0.2) is 4.98 Å². The summed E-state index contributed by atoms with van der Waals surface area (Å²) in [7, 11) is 0. The normalized spacial score (nSPS) is 11.4. The summed E-state index contributed by atoms with van der Waals surface area (Å²) in [6, 6.07) is 7.65. The van der Waals surface area contributed by atoms with E-state index in [1.807, 2.05) is 24.3 Å². The molecule has 0 bridgehead atoms. The predicted molar refractivity (Wildman–Crippen MR) is 77.7 cm³/mol. The summed E-state index contributed by atoms with van der Waals surface area (Å²) >= 11 is 1.19. The molecule has 4 nitrogen and oxygen atoms in total. The first-order valence-corrected chi connectivity index (χ1v) is 6.86. The summed E-state index contributed by atoms with van der Waals surface area (Å²) in [5.74, 6) is 0.514. The number of anilines is 1. The minimum absolute atomic E-state index is 0.0886. The Bertz CT molecular complexity index is 581. The van der Waals surface area contributed by atoms with Gasteiger partial charge in [0.25, 0.3) is 5.91 Å². The molecule has 0 unspecified atom stereocenters. The summed E-state index contributed by atoms with van der Waals surface area (Å²) in [5, 5.41) is 3.27. The van der Waals surface area contributed by atoms with Gasteiger partial charge in [0.15, 0.2) is 0 Å². The zero-order valence-corrected chi connectivity index (χ0v) is 12.3. The second-order valence-electron chi connectivity index (χ2n) is 5.43. The molecule has 0 aliphatic heterocycles. The Kier molecular flexibility index (Phi) is 3.66. The van der Waals surface area contributed by atoms with E-state index >= 15 is 0 Å². The van der Waals surface area contributed by atoms with Crippen LogP contribution in [0.2, 0.25) is 0 Å². The van der Waals surface area contributed by atoms with Crippen molar-refractivity contribution < 1.29 is 4.79 Å². The largest absolute Gasteiger partial charge is 0.297 e. The molecule has 5 heteroatoms. The van der Waals surface area contributed by atoms with Gasteiger partial charge in [-0.3, -0.25) is 10.1 Å². The van der Waals surface area contributed by atoms with Crippen LogP contribution in [-0.2, 0) is 5.41 Å². The third-order valence-corrected chi connectivity index (χ3v) is 3.48. The van der Waals surface area contributed by atoms with Crippen LogP contribution in [0.25, 0.3) is 0 Å². The average molecular weight is 275 g/mol. The Labute approximate surface area is 117 Å². The Hall–Kier alpha value is -1.75. The fraction of sp³-hybridized carbons (Fsp3) is 0.357. The highest BCUT2D eigenvalue weighted by Gasteiger charge is 2.14. The molecule has 0 spiro atoms. The predicted octanol–water partition coefficient (Wildman–Crippen LogP) is 3.40. The molecule has 0 aliphatic rings. The quantitative estimate of drug-likeness (QED) is 0.914. The molecule has 0 aliphatic carbocycles. The molecule has 2 aromatic rings. The highest BCUT2D eigenvalue weighted by molar-refractivity contribution is 7.09. The van der Waals surface area contributed by atoms with Crippen LogP contribution in [0.3, 0.4) is 0 Å². The van der Waals surface area contributed by atoms with Crippen molar-refractivity contribution in [2.24, 2.45) is 0 Å². The first-order chi connectivity index (χ1) is 8.86. The summed E-state index contributed by atoms with van der Waals surface area (Å²) < 4.78 is 4.03. The molecule has 1 aromatic heterocycles. The summed E-state index contributed by atoms with van der Waals surface area (Å²) in [6.45, 7) is 8.23. The van der Waals surface area contributed by atoms with Crippen LogP contribution in [0, 0.1) is 6.92 Å². The SMILES string of the molecule is Cc1nsc(NC(=O)c2ccc(C(C)(C)C)cc2)n1. The fourth-order valence-electron chi connectivity index (χ4n) is 1.64. The van der Waals surface area contributed by atoms with Gasteiger partial charge < -0.3 is 0 Å². The van der Waals surface area contributed by atoms with Crippen molar-refractivity contribution >= 4 is 22.6 Å². The monoisotopic (exact) mass is 275 g/mol. The van der Waals surface area contributed by atoms with Crippen molar-refractivity contribution in [3.8, 4) is 0 Å². The maximum atomic E-state index is 12.0. The van der Waals surface area contributed by atoms with Gasteiger partial charge in [-0.05, 0) is 30.0 Å². The van der Waals surface area contributed by atoms with E-state index in [-0.39, 0.29) is 11.3 Å². The Morgan fingerprint density at radius 3 is 2.32 bits per heavy atom. The van der Waals surface area contributed by atoms with Crippen molar-refractivity contribution in [3.63, 3.8) is 0 Å². The highest BCUT2D eigenvalue weighted by Crippen LogP contribution is 2.22. The van der Waals surface area contributed by atoms with Crippen molar-refractivity contribution in [2.45, 2.75) is 33.1 Å². The summed E-state index contributed by atoms with van der Waals surface area (Å²) in [6.07, 6.45) is 0. The summed E-state index contributed by atoms with van der Waals surface area (Å²) in [4.78, 5) is 16.1. The van der Waals surface area contributed by atoms with E-state index in [2.05, 4.69) is 35.4 Å². The number of hydrogen-bond acceptors (Lipinski definition) is 4. The molecule has 19 heavy (non-hydrogen) atoms. The number of nitrogens with one attached hydrogen (secondary N) is 1. The van der Waals surface area contributed by atoms with Gasteiger partial charge in [-0.2, -0.15) is 4.37 Å². The van der Waals surface area contributed by atoms with Crippen molar-refractivity contribution in [3.05, 3.63) is 41.2 Å². The minimum atomic E-state index is -0.156. The lowest BCUT2D eigenvalue weighted by molar-refractivity contribution is 0.102. The fourth-order valence-corrected chi connectivity index (χ4v) is 2.21. The van der Waals surface area contributed by atoms with Crippen molar-refractivity contribution in [1.82, 2.24) is 9.36 Å². The standard InChI is InChI=1S/C14H17N3OS/c1-9-15-13(19-17-9)16-12(18)10-5-7-11(8-6-10)14(2,3)4/h5-8H,1-4H3,(H,15,16,17,18). The van der Waals surface area contributed by atoms with Crippen LogP contribution in [0.1, 0.15) is 42.5 Å². The second-order valence-corrected chi connectivity index (χ2v) is 6.18. The van der Waals surface area contributed by atoms with Gasteiger partial charge in [-0.15, -0.1) is 0 Å². The Balaban J connectivity index is 2.12. The molecule has 0 saturated heterocycles. The van der Waals surface area contributed by atoms with Crippen LogP contribution < -0.4 is 5.32 Å². The molecule has 2 rings (SSSR count). The number of benzene rings is 1. The first-order valence-electron chi connectivity index (χ1n) is 6.08. The molecule has 0 saturated carbocycles. The van der Waals surface area contributed by atoms with Crippen LogP contribution in [0.4, 0.5) is 5.13 Å². The van der Waals surface area contributed by atoms with E-state index in [1.165, 1.54) is 17.1 Å². The number of carbonyl (C=O) groups excluding carboxylic acids is 1. The van der Waals surface area contributed by atoms with Gasteiger partial charge in [0.1, 0.15) is 5.82 Å². The van der Waals surface area contributed by atoms with Gasteiger partial charge in [0.05, 0.1) is 0 Å². The van der Waals surface area contributed by atoms with E-state index in [0.717, 1.165) is 0 Å². The lowest BCUT2D eigenvalue weighted by atomic mass is 9.87. The number of aryl methyl sites for hydroxylation is 1. The van der Waals surface area contributed by atoms with Crippen LogP contribution >= 0.6 is 11.5 Å². The number of carbonyl (C=O) groups is 1. The summed E-state index contributed by atoms with van der Waals surface area (Å²) in [5.41, 5.74) is 1.92. The van der Waals surface area contributed by atoms with Crippen LogP contribution in [-0.4, -0.2) is 15.3 Å². The molecule has 1 heterocycles.